The van der Waals surface area contributed by atoms with Crippen molar-refractivity contribution in [3.63, 3.8) is 0 Å². The molecule has 6 rings (SSSR count). The Balaban J connectivity index is 1.15. The molecule has 1 amide bonds. The van der Waals surface area contributed by atoms with Gasteiger partial charge in [-0.25, -0.2) is 17.6 Å². The van der Waals surface area contributed by atoms with Crippen molar-refractivity contribution >= 4 is 23.7 Å². The van der Waals surface area contributed by atoms with E-state index in [1.165, 1.54) is 12.1 Å². The molecule has 0 aromatic heterocycles. The lowest BCUT2D eigenvalue weighted by molar-refractivity contribution is -0.0907. The Morgan fingerprint density at radius 3 is 2.10 bits per heavy atom. The van der Waals surface area contributed by atoms with E-state index in [1.807, 2.05) is 74.5 Å². The highest BCUT2D eigenvalue weighted by molar-refractivity contribution is 7.89. The van der Waals surface area contributed by atoms with E-state index in [0.717, 1.165) is 27.6 Å². The normalized spacial score (nSPS) is 19.2. The minimum Gasteiger partial charge on any atom is -0.481 e. The van der Waals surface area contributed by atoms with Gasteiger partial charge in [0.1, 0.15) is 17.7 Å². The van der Waals surface area contributed by atoms with Crippen LogP contribution >= 0.6 is 7.60 Å². The van der Waals surface area contributed by atoms with Crippen LogP contribution in [0.1, 0.15) is 37.0 Å². The number of carbonyl (C=O) groups excluding carboxylic acids is 1. The average molecular weight is 841 g/mol. The molecule has 2 heterocycles. The monoisotopic (exact) mass is 840 g/mol. The lowest BCUT2D eigenvalue weighted by Crippen LogP contribution is -2.51. The first-order valence-corrected chi connectivity index (χ1v) is 22.4. The lowest BCUT2D eigenvalue weighted by Gasteiger charge is -2.31. The third-order valence-electron chi connectivity index (χ3n) is 9.73. The van der Waals surface area contributed by atoms with Gasteiger partial charge < -0.3 is 38.4 Å². The zero-order valence-corrected chi connectivity index (χ0v) is 34.1. The van der Waals surface area contributed by atoms with Crippen LogP contribution in [0.2, 0.25) is 0 Å². The van der Waals surface area contributed by atoms with E-state index < -0.39 is 54.1 Å². The summed E-state index contributed by atoms with van der Waals surface area (Å²) in [6.45, 7) is 4.11. The van der Waals surface area contributed by atoms with Gasteiger partial charge in [0.15, 0.2) is 12.6 Å². The number of hydrogen-bond acceptors (Lipinski definition) is 11. The van der Waals surface area contributed by atoms with Gasteiger partial charge >= 0.3 is 13.7 Å². The van der Waals surface area contributed by atoms with Gasteiger partial charge in [0.2, 0.25) is 10.0 Å². The van der Waals surface area contributed by atoms with Crippen molar-refractivity contribution in [1.29, 1.82) is 0 Å². The summed E-state index contributed by atoms with van der Waals surface area (Å²) < 4.78 is 90.8. The molecular formula is C42H50FN2O11PS. The first-order chi connectivity index (χ1) is 27.9. The second-order valence-corrected chi connectivity index (χ2v) is 18.6. The molecule has 312 valence electrons. The molecular weight excluding hydrogens is 791 g/mol. The van der Waals surface area contributed by atoms with Gasteiger partial charge in [0, 0.05) is 13.1 Å². The third-order valence-corrected chi connectivity index (χ3v) is 13.1. The Kier molecular flexibility index (Phi) is 15.1. The van der Waals surface area contributed by atoms with Gasteiger partial charge in [0.25, 0.3) is 0 Å². The molecule has 13 nitrogen and oxygen atoms in total. The number of nitrogens with one attached hydrogen (secondary N) is 1. The van der Waals surface area contributed by atoms with Gasteiger partial charge in [-0.1, -0.05) is 86.6 Å². The zero-order valence-electron chi connectivity index (χ0n) is 32.4. The zero-order chi connectivity index (χ0) is 41.1. The predicted molar refractivity (Wildman–Crippen MR) is 213 cm³/mol. The Hall–Kier alpha value is -4.18. The standard InChI is InChI=1S/C42H50FN2O11PS/c1-30(2)24-45(58(49,50)36-19-15-34(43)16-20-36)25-39(46)38(44-42(47)56-40-28-52-41-37(40)21-22-51-41)23-31-13-17-35(18-14-31)53-29-57(48,54-26-32-9-5-3-6-10-32)55-27-33-11-7-4-8-12-33/h3-20,30,37-41,46H,21-29H2,1-2H3,(H,44,47)/t37-,38-,39+,40-,41+/m0/s1. The molecule has 2 N–H and O–H groups in total. The molecule has 2 fully saturated rings. The van der Waals surface area contributed by atoms with Crippen LogP contribution in [0.3, 0.4) is 0 Å². The number of alkyl carbamates (subject to hydrolysis) is 1. The molecule has 0 aliphatic carbocycles. The molecule has 0 unspecified atom stereocenters. The molecule has 4 aromatic carbocycles. The third kappa shape index (κ3) is 12.2. The van der Waals surface area contributed by atoms with Crippen molar-refractivity contribution in [3.05, 3.63) is 132 Å². The van der Waals surface area contributed by atoms with Crippen molar-refractivity contribution in [1.82, 2.24) is 9.62 Å². The van der Waals surface area contributed by atoms with Crippen LogP contribution in [-0.4, -0.2) is 81.1 Å². The van der Waals surface area contributed by atoms with E-state index in [0.29, 0.717) is 24.3 Å². The molecule has 4 aromatic rings. The number of nitrogens with zero attached hydrogens (tertiary/aromatic N) is 1. The van der Waals surface area contributed by atoms with Crippen LogP contribution in [0, 0.1) is 17.7 Å². The lowest BCUT2D eigenvalue weighted by atomic mass is 10.0. The summed E-state index contributed by atoms with van der Waals surface area (Å²) in [6.07, 6.45) is -2.84. The number of ether oxygens (including phenoxy) is 4. The molecule has 58 heavy (non-hydrogen) atoms. The van der Waals surface area contributed by atoms with Crippen molar-refractivity contribution in [2.24, 2.45) is 11.8 Å². The van der Waals surface area contributed by atoms with E-state index in [-0.39, 0.29) is 62.4 Å². The fraction of sp³-hybridized carbons (Fsp3) is 0.405. The molecule has 0 bridgehead atoms. The largest absolute Gasteiger partial charge is 0.481 e. The van der Waals surface area contributed by atoms with Gasteiger partial charge in [-0.05, 0) is 71.8 Å². The highest BCUT2D eigenvalue weighted by Crippen LogP contribution is 2.50. The Morgan fingerprint density at radius 1 is 0.879 bits per heavy atom. The minimum absolute atomic E-state index is 0.0520. The maximum absolute atomic E-state index is 13.9. The number of fused-ring (bicyclic) bond motifs is 1. The van der Waals surface area contributed by atoms with Gasteiger partial charge in [0.05, 0.1) is 49.4 Å². The summed E-state index contributed by atoms with van der Waals surface area (Å²) in [4.78, 5) is 13.2. The van der Waals surface area contributed by atoms with Crippen LogP contribution in [0.25, 0.3) is 0 Å². The highest BCUT2D eigenvalue weighted by Gasteiger charge is 2.44. The van der Waals surface area contributed by atoms with Crippen LogP contribution in [0.15, 0.2) is 114 Å². The number of halogens is 1. The maximum atomic E-state index is 13.9. The summed E-state index contributed by atoms with van der Waals surface area (Å²) in [6, 6.07) is 28.8. The number of carbonyl (C=O) groups is 1. The first kappa shape index (κ1) is 43.4. The predicted octanol–water partition coefficient (Wildman–Crippen LogP) is 6.90. The Labute approximate surface area is 338 Å². The Bertz CT molecular complexity index is 2020. The van der Waals surface area contributed by atoms with E-state index in [9.17, 15) is 27.3 Å². The van der Waals surface area contributed by atoms with Crippen LogP contribution in [0.4, 0.5) is 9.18 Å². The van der Waals surface area contributed by atoms with Crippen molar-refractivity contribution < 1.29 is 55.3 Å². The topological polar surface area (TPSA) is 159 Å². The first-order valence-electron chi connectivity index (χ1n) is 19.2. The summed E-state index contributed by atoms with van der Waals surface area (Å²) >= 11 is 0. The maximum Gasteiger partial charge on any atom is 0.407 e. The van der Waals surface area contributed by atoms with Crippen molar-refractivity contribution in [3.8, 4) is 5.75 Å². The summed E-state index contributed by atoms with van der Waals surface area (Å²) in [5, 5.41) is 14.5. The number of amides is 1. The Morgan fingerprint density at radius 2 is 1.50 bits per heavy atom. The second-order valence-electron chi connectivity index (χ2n) is 14.7. The van der Waals surface area contributed by atoms with Gasteiger partial charge in [-0.2, -0.15) is 4.31 Å². The summed E-state index contributed by atoms with van der Waals surface area (Å²) in [5.74, 6) is -0.466. The number of rotatable bonds is 20. The van der Waals surface area contributed by atoms with Crippen molar-refractivity contribution in [2.75, 3.05) is 32.7 Å². The molecule has 5 atom stereocenters. The summed E-state index contributed by atoms with van der Waals surface area (Å²) in [5.41, 5.74) is 2.29. The minimum atomic E-state index is -4.16. The quantitative estimate of drug-likeness (QED) is 0.0893. The van der Waals surface area contributed by atoms with E-state index in [4.69, 9.17) is 28.0 Å². The van der Waals surface area contributed by atoms with E-state index in [2.05, 4.69) is 5.32 Å². The average Bonchev–Trinajstić information content (AvgIpc) is 3.85. The highest BCUT2D eigenvalue weighted by atomic mass is 32.2. The fourth-order valence-corrected chi connectivity index (χ4v) is 9.50. The molecule has 2 saturated heterocycles. The SMILES string of the molecule is CC(C)CN(C[C@@H](O)[C@H](Cc1ccc(OCP(=O)(OCc2ccccc2)OCc2ccccc2)cc1)NC(=O)O[C@H]1CO[C@H]2OCC[C@H]21)S(=O)(=O)c1ccc(F)cc1. The second kappa shape index (κ2) is 20.2. The number of hydrogen-bond donors (Lipinski definition) is 2. The molecule has 16 heteroatoms. The fourth-order valence-electron chi connectivity index (χ4n) is 6.66. The molecule has 2 aliphatic heterocycles. The van der Waals surface area contributed by atoms with Crippen molar-refractivity contribution in [2.45, 2.75) is 69.3 Å². The molecule has 0 spiro atoms. The van der Waals surface area contributed by atoms with E-state index in [1.54, 1.807) is 24.3 Å². The summed E-state index contributed by atoms with van der Waals surface area (Å²) in [7, 11) is -7.93. The molecule has 2 aliphatic rings. The van der Waals surface area contributed by atoms with Crippen LogP contribution in [0.5, 0.6) is 5.75 Å². The number of benzene rings is 4. The molecule has 0 radical (unpaired) electrons. The van der Waals surface area contributed by atoms with Crippen LogP contribution < -0.4 is 10.1 Å². The number of aliphatic hydroxyl groups is 1. The smallest absolute Gasteiger partial charge is 0.407 e. The number of aliphatic hydroxyl groups excluding tert-OH is 1. The van der Waals surface area contributed by atoms with E-state index >= 15 is 0 Å². The molecule has 0 saturated carbocycles. The van der Waals surface area contributed by atoms with Gasteiger partial charge in [-0.15, -0.1) is 0 Å². The number of sulfonamides is 1. The van der Waals surface area contributed by atoms with Crippen LogP contribution in [-0.2, 0) is 57.5 Å². The van der Waals surface area contributed by atoms with Gasteiger partial charge in [-0.3, -0.25) is 4.57 Å².